The Labute approximate surface area is 233 Å². The third-order valence-electron chi connectivity index (χ3n) is 7.68. The molecule has 0 spiro atoms. The van der Waals surface area contributed by atoms with Gasteiger partial charge in [-0.25, -0.2) is 9.37 Å². The van der Waals surface area contributed by atoms with E-state index >= 15 is 4.39 Å². The van der Waals surface area contributed by atoms with Gasteiger partial charge in [0.1, 0.15) is 24.0 Å². The standard InChI is InChI=1S/C31H24FN7O2/c1-37(31(40)21-12-22-25(13-24(21)32)36-30(33)23-15-35-39(3)29(22)23)27-16-41-28-11-18(7-9-20(27)28)5-4-17-6-8-19-14-34-38(2)26(19)10-17/h6-15,27H,16H2,1-3H3,(H2,33,36)/t27-/m1/s1. The van der Waals surface area contributed by atoms with Gasteiger partial charge in [-0.3, -0.25) is 14.2 Å². The summed E-state index contributed by atoms with van der Waals surface area (Å²) >= 11 is 0. The second-order valence-corrected chi connectivity index (χ2v) is 10.2. The topological polar surface area (TPSA) is 104 Å². The van der Waals surface area contributed by atoms with E-state index in [-0.39, 0.29) is 24.0 Å². The number of carbonyl (C=O) groups excluding carboxylic acids is 1. The number of carbonyl (C=O) groups is 1. The van der Waals surface area contributed by atoms with Crippen LogP contribution in [0, 0.1) is 17.7 Å². The van der Waals surface area contributed by atoms with Crippen molar-refractivity contribution < 1.29 is 13.9 Å². The van der Waals surface area contributed by atoms with E-state index in [0.717, 1.165) is 27.6 Å². The normalized spacial score (nSPS) is 14.2. The van der Waals surface area contributed by atoms with Gasteiger partial charge in [0.15, 0.2) is 0 Å². The van der Waals surface area contributed by atoms with Crippen LogP contribution in [0.2, 0.25) is 0 Å². The number of rotatable bonds is 2. The van der Waals surface area contributed by atoms with Crippen molar-refractivity contribution in [3.8, 4) is 17.6 Å². The van der Waals surface area contributed by atoms with Crippen LogP contribution >= 0.6 is 0 Å². The van der Waals surface area contributed by atoms with Crippen LogP contribution in [0.5, 0.6) is 5.75 Å². The number of benzene rings is 3. The lowest BCUT2D eigenvalue weighted by molar-refractivity contribution is 0.0704. The number of ether oxygens (including phenoxy) is 1. The van der Waals surface area contributed by atoms with Crippen LogP contribution in [0.4, 0.5) is 10.2 Å². The highest BCUT2D eigenvalue weighted by atomic mass is 19.1. The molecule has 7 rings (SSSR count). The lowest BCUT2D eigenvalue weighted by Crippen LogP contribution is -2.32. The highest BCUT2D eigenvalue weighted by Crippen LogP contribution is 2.37. The number of aryl methyl sites for hydroxylation is 2. The third kappa shape index (κ3) is 3.93. The van der Waals surface area contributed by atoms with Gasteiger partial charge >= 0.3 is 0 Å². The maximum absolute atomic E-state index is 15.2. The zero-order valence-electron chi connectivity index (χ0n) is 22.5. The predicted octanol–water partition coefficient (Wildman–Crippen LogP) is 4.34. The SMILES string of the molecule is CN(C(=O)c1cc2c(cc1F)nc(N)c1cnn(C)c12)[C@@H]1COc2cc(C#Cc3ccc4cnn(C)c4c3)ccc21. The van der Waals surface area contributed by atoms with E-state index in [1.54, 1.807) is 25.0 Å². The molecule has 4 heterocycles. The van der Waals surface area contributed by atoms with Gasteiger partial charge in [-0.15, -0.1) is 0 Å². The molecule has 10 heteroatoms. The number of fused-ring (bicyclic) bond motifs is 5. The summed E-state index contributed by atoms with van der Waals surface area (Å²) in [4.78, 5) is 19.4. The molecule has 3 aromatic heterocycles. The zero-order chi connectivity index (χ0) is 28.4. The Morgan fingerprint density at radius 1 is 1.02 bits per heavy atom. The molecule has 0 aliphatic carbocycles. The molecule has 2 N–H and O–H groups in total. The molecule has 3 aromatic carbocycles. The molecule has 0 fully saturated rings. The van der Waals surface area contributed by atoms with Gasteiger partial charge in [0.2, 0.25) is 0 Å². The maximum Gasteiger partial charge on any atom is 0.257 e. The number of likely N-dealkylation sites (N-methyl/N-ethyl adjacent to an activating group) is 1. The third-order valence-corrected chi connectivity index (χ3v) is 7.68. The highest BCUT2D eigenvalue weighted by Gasteiger charge is 2.32. The van der Waals surface area contributed by atoms with E-state index in [4.69, 9.17) is 10.5 Å². The molecule has 1 aliphatic heterocycles. The number of anilines is 1. The van der Waals surface area contributed by atoms with Crippen molar-refractivity contribution in [2.24, 2.45) is 14.1 Å². The molecule has 202 valence electrons. The van der Waals surface area contributed by atoms with Crippen molar-refractivity contribution in [1.29, 1.82) is 0 Å². The van der Waals surface area contributed by atoms with Gasteiger partial charge in [-0.1, -0.05) is 17.9 Å². The number of aromatic nitrogens is 5. The van der Waals surface area contributed by atoms with E-state index in [0.29, 0.717) is 27.6 Å². The molecule has 0 saturated carbocycles. The fourth-order valence-electron chi connectivity index (χ4n) is 5.43. The second-order valence-electron chi connectivity index (χ2n) is 10.2. The van der Waals surface area contributed by atoms with Crippen molar-refractivity contribution in [3.63, 3.8) is 0 Å². The molecule has 0 radical (unpaired) electrons. The fraction of sp³-hybridized carbons (Fsp3) is 0.161. The Morgan fingerprint density at radius 2 is 1.78 bits per heavy atom. The molecule has 41 heavy (non-hydrogen) atoms. The Kier molecular flexibility index (Phi) is 5.44. The maximum atomic E-state index is 15.2. The molecule has 0 bridgehead atoms. The van der Waals surface area contributed by atoms with Crippen LogP contribution in [-0.2, 0) is 14.1 Å². The van der Waals surface area contributed by atoms with Crippen molar-refractivity contribution in [1.82, 2.24) is 29.4 Å². The number of halogens is 1. The first-order valence-electron chi connectivity index (χ1n) is 13.0. The summed E-state index contributed by atoms with van der Waals surface area (Å²) in [6, 6.07) is 14.0. The van der Waals surface area contributed by atoms with Gasteiger partial charge in [0, 0.05) is 54.7 Å². The van der Waals surface area contributed by atoms with Crippen LogP contribution in [0.25, 0.3) is 32.7 Å². The van der Waals surface area contributed by atoms with E-state index < -0.39 is 11.7 Å². The molecule has 6 aromatic rings. The summed E-state index contributed by atoms with van der Waals surface area (Å²) in [7, 11) is 5.32. The molecular formula is C31H24FN7O2. The smallest absolute Gasteiger partial charge is 0.257 e. The fourth-order valence-corrected chi connectivity index (χ4v) is 5.43. The van der Waals surface area contributed by atoms with Crippen molar-refractivity contribution in [2.75, 3.05) is 19.4 Å². The Morgan fingerprint density at radius 3 is 2.61 bits per heavy atom. The van der Waals surface area contributed by atoms with Crippen molar-refractivity contribution >= 4 is 44.4 Å². The highest BCUT2D eigenvalue weighted by molar-refractivity contribution is 6.10. The monoisotopic (exact) mass is 545 g/mol. The van der Waals surface area contributed by atoms with E-state index in [1.807, 2.05) is 54.3 Å². The average Bonchev–Trinajstić information content (AvgIpc) is 3.68. The van der Waals surface area contributed by atoms with E-state index in [9.17, 15) is 4.79 Å². The summed E-state index contributed by atoms with van der Waals surface area (Å²) in [5, 5.41) is 10.8. The first-order chi connectivity index (χ1) is 19.8. The zero-order valence-corrected chi connectivity index (χ0v) is 22.5. The summed E-state index contributed by atoms with van der Waals surface area (Å²) in [5.41, 5.74) is 10.6. The molecule has 1 aliphatic rings. The summed E-state index contributed by atoms with van der Waals surface area (Å²) in [6.45, 7) is 0.255. The van der Waals surface area contributed by atoms with Crippen LogP contribution in [-0.4, -0.2) is 49.0 Å². The first kappa shape index (κ1) is 24.6. The quantitative estimate of drug-likeness (QED) is 0.325. The molecule has 0 unspecified atom stereocenters. The van der Waals surface area contributed by atoms with Crippen LogP contribution in [0.1, 0.15) is 33.1 Å². The van der Waals surface area contributed by atoms with Gasteiger partial charge in [-0.2, -0.15) is 10.2 Å². The second kappa shape index (κ2) is 9.06. The lowest BCUT2D eigenvalue weighted by Gasteiger charge is -2.24. The van der Waals surface area contributed by atoms with Crippen LogP contribution < -0.4 is 10.5 Å². The Balaban J connectivity index is 1.17. The van der Waals surface area contributed by atoms with Gasteiger partial charge in [0.05, 0.1) is 45.9 Å². The van der Waals surface area contributed by atoms with Gasteiger partial charge in [0.25, 0.3) is 5.91 Å². The number of nitrogens with two attached hydrogens (primary N) is 1. The molecule has 1 amide bonds. The minimum atomic E-state index is -0.670. The number of amides is 1. The van der Waals surface area contributed by atoms with E-state index in [1.165, 1.54) is 17.0 Å². The molecular weight excluding hydrogens is 521 g/mol. The number of nitrogens with zero attached hydrogens (tertiary/aromatic N) is 6. The minimum Gasteiger partial charge on any atom is -0.491 e. The lowest BCUT2D eigenvalue weighted by atomic mass is 10.0. The van der Waals surface area contributed by atoms with E-state index in [2.05, 4.69) is 27.0 Å². The summed E-state index contributed by atoms with van der Waals surface area (Å²) < 4.78 is 24.6. The first-order valence-corrected chi connectivity index (χ1v) is 13.0. The average molecular weight is 546 g/mol. The number of pyridine rings is 1. The summed E-state index contributed by atoms with van der Waals surface area (Å²) in [6.07, 6.45) is 3.43. The predicted molar refractivity (Wildman–Crippen MR) is 154 cm³/mol. The van der Waals surface area contributed by atoms with Crippen molar-refractivity contribution in [3.05, 3.63) is 89.0 Å². The molecule has 0 saturated heterocycles. The Bertz CT molecular complexity index is 2120. The number of nitrogen functional groups attached to an aromatic ring is 1. The minimum absolute atomic E-state index is 0.0598. The number of hydrogen-bond donors (Lipinski definition) is 1. The van der Waals surface area contributed by atoms with Gasteiger partial charge < -0.3 is 15.4 Å². The van der Waals surface area contributed by atoms with Gasteiger partial charge in [-0.05, 0) is 36.4 Å². The summed E-state index contributed by atoms with van der Waals surface area (Å²) in [5.74, 6) is 6.17. The van der Waals surface area contributed by atoms with Crippen LogP contribution in [0.3, 0.4) is 0 Å². The molecule has 1 atom stereocenters. The van der Waals surface area contributed by atoms with Crippen molar-refractivity contribution in [2.45, 2.75) is 6.04 Å². The molecule has 9 nitrogen and oxygen atoms in total. The van der Waals surface area contributed by atoms with Crippen LogP contribution in [0.15, 0.2) is 60.9 Å². The number of hydrogen-bond acceptors (Lipinski definition) is 6. The largest absolute Gasteiger partial charge is 0.491 e. The Hall–Kier alpha value is -5.43.